The maximum atomic E-state index is 12.6. The molecule has 3 rings (SSSR count). The molecule has 1 aromatic heterocycles. The van der Waals surface area contributed by atoms with Gasteiger partial charge in [0, 0.05) is 18.8 Å². The van der Waals surface area contributed by atoms with Crippen LogP contribution in [0.3, 0.4) is 0 Å². The van der Waals surface area contributed by atoms with Crippen LogP contribution in [-0.2, 0) is 6.18 Å². The molecule has 0 radical (unpaired) electrons. The summed E-state index contributed by atoms with van der Waals surface area (Å²) in [6, 6.07) is 8.07. The van der Waals surface area contributed by atoms with Gasteiger partial charge in [0.1, 0.15) is 5.69 Å². The number of carbonyl (C=O) groups is 1. The van der Waals surface area contributed by atoms with Crippen molar-refractivity contribution in [2.45, 2.75) is 25.4 Å². The van der Waals surface area contributed by atoms with Gasteiger partial charge in [0.25, 0.3) is 5.91 Å². The average molecular weight is 349 g/mol. The van der Waals surface area contributed by atoms with Gasteiger partial charge in [-0.3, -0.25) is 4.79 Å². The number of anilines is 2. The lowest BCUT2D eigenvalue weighted by Crippen LogP contribution is -2.36. The number of hydrogen-bond donors (Lipinski definition) is 1. The maximum absolute atomic E-state index is 12.6. The third-order valence-corrected chi connectivity index (χ3v) is 4.13. The van der Waals surface area contributed by atoms with Gasteiger partial charge < -0.3 is 10.2 Å². The number of alkyl halides is 3. The fourth-order valence-electron chi connectivity index (χ4n) is 2.76. The highest BCUT2D eigenvalue weighted by Crippen LogP contribution is 2.30. The summed E-state index contributed by atoms with van der Waals surface area (Å²) < 4.78 is 37.7. The minimum Gasteiger partial charge on any atom is -0.354 e. The van der Waals surface area contributed by atoms with Crippen molar-refractivity contribution in [2.24, 2.45) is 0 Å². The van der Waals surface area contributed by atoms with E-state index in [4.69, 9.17) is 0 Å². The van der Waals surface area contributed by atoms with Crippen molar-refractivity contribution in [3.63, 3.8) is 0 Å². The molecule has 4 nitrogen and oxygen atoms in total. The highest BCUT2D eigenvalue weighted by molar-refractivity contribution is 5.92. The molecular weight excluding hydrogens is 331 g/mol. The molecule has 1 aliphatic heterocycles. The highest BCUT2D eigenvalue weighted by Gasteiger charge is 2.29. The van der Waals surface area contributed by atoms with Crippen LogP contribution in [0.15, 0.2) is 42.6 Å². The van der Waals surface area contributed by atoms with Crippen LogP contribution in [0, 0.1) is 0 Å². The number of carbonyl (C=O) groups excluding carboxylic acids is 1. The van der Waals surface area contributed by atoms with Gasteiger partial charge in [-0.25, -0.2) is 4.98 Å². The van der Waals surface area contributed by atoms with Crippen molar-refractivity contribution < 1.29 is 18.0 Å². The zero-order valence-corrected chi connectivity index (χ0v) is 13.5. The molecule has 1 aliphatic rings. The third kappa shape index (κ3) is 4.29. The van der Waals surface area contributed by atoms with E-state index in [2.05, 4.69) is 10.3 Å². The summed E-state index contributed by atoms with van der Waals surface area (Å²) >= 11 is 0. The summed E-state index contributed by atoms with van der Waals surface area (Å²) in [7, 11) is 0. The van der Waals surface area contributed by atoms with Crippen molar-refractivity contribution >= 4 is 17.3 Å². The van der Waals surface area contributed by atoms with Gasteiger partial charge in [-0.15, -0.1) is 0 Å². The first-order valence-corrected chi connectivity index (χ1v) is 8.13. The van der Waals surface area contributed by atoms with Crippen LogP contribution >= 0.6 is 0 Å². The fraction of sp³-hybridized carbons (Fsp3) is 0.333. The molecule has 0 saturated carbocycles. The second-order valence-corrected chi connectivity index (χ2v) is 5.99. The Morgan fingerprint density at radius 2 is 1.60 bits per heavy atom. The zero-order chi connectivity index (χ0) is 17.9. The van der Waals surface area contributed by atoms with E-state index in [1.165, 1.54) is 18.3 Å². The molecule has 0 unspecified atom stereocenters. The average Bonchev–Trinajstić information content (AvgIpc) is 2.62. The fourth-order valence-corrected chi connectivity index (χ4v) is 2.76. The molecule has 1 amide bonds. The predicted octanol–water partition coefficient (Wildman–Crippen LogP) is 4.47. The molecule has 0 bridgehead atoms. The second kappa shape index (κ2) is 7.13. The van der Waals surface area contributed by atoms with E-state index in [0.717, 1.165) is 44.5 Å². The van der Waals surface area contributed by atoms with E-state index in [1.807, 2.05) is 0 Å². The van der Waals surface area contributed by atoms with Gasteiger partial charge in [-0.2, -0.15) is 13.2 Å². The van der Waals surface area contributed by atoms with Crippen LogP contribution in [0.1, 0.15) is 35.3 Å². The first kappa shape index (κ1) is 17.3. The Balaban J connectivity index is 1.65. The second-order valence-electron chi connectivity index (χ2n) is 5.99. The molecular formula is C18H18F3N3O. The number of nitrogens with one attached hydrogen (secondary N) is 1. The van der Waals surface area contributed by atoms with Crippen LogP contribution in [0.5, 0.6) is 0 Å². The number of hydrogen-bond acceptors (Lipinski definition) is 3. The van der Waals surface area contributed by atoms with Crippen molar-refractivity contribution in [1.82, 2.24) is 9.88 Å². The van der Waals surface area contributed by atoms with Gasteiger partial charge in [-0.05, 0) is 55.7 Å². The summed E-state index contributed by atoms with van der Waals surface area (Å²) in [4.78, 5) is 18.3. The SMILES string of the molecule is O=C(c1ccc(Nc2ccc(C(F)(F)F)cc2)cn1)N1CCCCC1. The molecule has 1 N–H and O–H groups in total. The smallest absolute Gasteiger partial charge is 0.354 e. The first-order valence-electron chi connectivity index (χ1n) is 8.13. The van der Waals surface area contributed by atoms with Crippen molar-refractivity contribution in [3.8, 4) is 0 Å². The van der Waals surface area contributed by atoms with E-state index >= 15 is 0 Å². The number of piperidine rings is 1. The largest absolute Gasteiger partial charge is 0.416 e. The lowest BCUT2D eigenvalue weighted by atomic mass is 10.1. The summed E-state index contributed by atoms with van der Waals surface area (Å²) in [5, 5.41) is 2.97. The van der Waals surface area contributed by atoms with Gasteiger partial charge in [0.05, 0.1) is 17.4 Å². The highest BCUT2D eigenvalue weighted by atomic mass is 19.4. The minimum atomic E-state index is -4.35. The Hall–Kier alpha value is -2.57. The van der Waals surface area contributed by atoms with E-state index in [0.29, 0.717) is 17.1 Å². The van der Waals surface area contributed by atoms with E-state index in [-0.39, 0.29) is 5.91 Å². The van der Waals surface area contributed by atoms with Crippen molar-refractivity contribution in [2.75, 3.05) is 18.4 Å². The molecule has 132 valence electrons. The quantitative estimate of drug-likeness (QED) is 0.889. The third-order valence-electron chi connectivity index (χ3n) is 4.13. The number of benzene rings is 1. The Kier molecular flexibility index (Phi) is 4.92. The molecule has 7 heteroatoms. The Morgan fingerprint density at radius 1 is 0.960 bits per heavy atom. The zero-order valence-electron chi connectivity index (χ0n) is 13.5. The van der Waals surface area contributed by atoms with Crippen molar-refractivity contribution in [1.29, 1.82) is 0 Å². The van der Waals surface area contributed by atoms with E-state index in [1.54, 1.807) is 17.0 Å². The lowest BCUT2D eigenvalue weighted by Gasteiger charge is -2.26. The number of aromatic nitrogens is 1. The summed E-state index contributed by atoms with van der Waals surface area (Å²) in [5.41, 5.74) is 0.804. The van der Waals surface area contributed by atoms with E-state index in [9.17, 15) is 18.0 Å². The minimum absolute atomic E-state index is 0.0826. The standard InChI is InChI=1S/C18H18F3N3O/c19-18(20,21)13-4-6-14(7-5-13)23-15-8-9-16(22-12-15)17(25)24-10-2-1-3-11-24/h4-9,12,23H,1-3,10-11H2. The van der Waals surface area contributed by atoms with E-state index < -0.39 is 11.7 Å². The Labute approximate surface area is 143 Å². The monoisotopic (exact) mass is 349 g/mol. The molecule has 1 fully saturated rings. The molecule has 2 aromatic rings. The lowest BCUT2D eigenvalue weighted by molar-refractivity contribution is -0.137. The van der Waals surface area contributed by atoms with Crippen LogP contribution < -0.4 is 5.32 Å². The van der Waals surface area contributed by atoms with Crippen LogP contribution in [0.2, 0.25) is 0 Å². The van der Waals surface area contributed by atoms with Crippen molar-refractivity contribution in [3.05, 3.63) is 53.9 Å². The Morgan fingerprint density at radius 3 is 2.16 bits per heavy atom. The van der Waals surface area contributed by atoms with Gasteiger partial charge in [-0.1, -0.05) is 0 Å². The number of rotatable bonds is 3. The molecule has 0 atom stereocenters. The summed E-state index contributed by atoms with van der Waals surface area (Å²) in [5.74, 6) is -0.0826. The number of nitrogens with zero attached hydrogens (tertiary/aromatic N) is 2. The maximum Gasteiger partial charge on any atom is 0.416 e. The Bertz CT molecular complexity index is 721. The van der Waals surface area contributed by atoms with Gasteiger partial charge in [0.15, 0.2) is 0 Å². The number of likely N-dealkylation sites (tertiary alicyclic amines) is 1. The molecule has 1 saturated heterocycles. The molecule has 25 heavy (non-hydrogen) atoms. The van der Waals surface area contributed by atoms with Crippen LogP contribution in [-0.4, -0.2) is 28.9 Å². The number of pyridine rings is 1. The normalized spacial score (nSPS) is 15.1. The molecule has 1 aromatic carbocycles. The molecule has 0 aliphatic carbocycles. The van der Waals surface area contributed by atoms with Crippen LogP contribution in [0.25, 0.3) is 0 Å². The summed E-state index contributed by atoms with van der Waals surface area (Å²) in [6.45, 7) is 1.51. The van der Waals surface area contributed by atoms with Gasteiger partial charge in [0.2, 0.25) is 0 Å². The number of halogens is 3. The predicted molar refractivity (Wildman–Crippen MR) is 88.7 cm³/mol. The summed E-state index contributed by atoms with van der Waals surface area (Å²) in [6.07, 6.45) is 0.331. The molecule has 2 heterocycles. The topological polar surface area (TPSA) is 45.2 Å². The van der Waals surface area contributed by atoms with Crippen LogP contribution in [0.4, 0.5) is 24.5 Å². The number of amides is 1. The first-order chi connectivity index (χ1) is 11.9. The van der Waals surface area contributed by atoms with Gasteiger partial charge >= 0.3 is 6.18 Å². The molecule has 0 spiro atoms.